The normalized spacial score (nSPS) is 15.5. The maximum atomic E-state index is 12.9. The van der Waals surface area contributed by atoms with E-state index in [0.29, 0.717) is 17.4 Å². The Bertz CT molecular complexity index is 1240. The number of carbonyl (C=O) groups is 1. The van der Waals surface area contributed by atoms with Crippen LogP contribution in [0.15, 0.2) is 83.5 Å². The quantitative estimate of drug-likeness (QED) is 0.401. The molecule has 0 radical (unpaired) electrons. The van der Waals surface area contributed by atoms with Gasteiger partial charge in [-0.3, -0.25) is 14.7 Å². The van der Waals surface area contributed by atoms with Gasteiger partial charge in [0.15, 0.2) is 0 Å². The fourth-order valence-electron chi connectivity index (χ4n) is 4.18. The van der Waals surface area contributed by atoms with Gasteiger partial charge in [-0.25, -0.2) is 0 Å². The van der Waals surface area contributed by atoms with Crippen molar-refractivity contribution < 1.29 is 14.1 Å². The molecule has 2 aromatic heterocycles. The number of pyridine rings is 1. The molecule has 0 aliphatic carbocycles. The molecule has 0 saturated carbocycles. The molecule has 8 nitrogen and oxygen atoms in total. The summed E-state index contributed by atoms with van der Waals surface area (Å²) in [4.78, 5) is 23.9. The van der Waals surface area contributed by atoms with Crippen molar-refractivity contribution in [3.63, 3.8) is 0 Å². The molecule has 1 fully saturated rings. The monoisotopic (exact) mass is 469 g/mol. The Hall–Kier alpha value is -4.04. The van der Waals surface area contributed by atoms with Crippen LogP contribution in [0.5, 0.6) is 11.5 Å². The predicted molar refractivity (Wildman–Crippen MR) is 132 cm³/mol. The topological polar surface area (TPSA) is 93.4 Å². The molecular formula is C27H27N5O3. The minimum Gasteiger partial charge on any atom is -0.457 e. The van der Waals surface area contributed by atoms with Crippen molar-refractivity contribution in [3.8, 4) is 23.0 Å². The molecule has 1 atom stereocenters. The molecule has 3 heterocycles. The lowest BCUT2D eigenvalue weighted by Crippen LogP contribution is -2.45. The second kappa shape index (κ2) is 10.5. The van der Waals surface area contributed by atoms with Gasteiger partial charge in [-0.05, 0) is 81.4 Å². The fourth-order valence-corrected chi connectivity index (χ4v) is 4.18. The summed E-state index contributed by atoms with van der Waals surface area (Å²) in [5.41, 5.74) is 1.44. The van der Waals surface area contributed by atoms with E-state index in [4.69, 9.17) is 9.26 Å². The third kappa shape index (κ3) is 5.55. The first kappa shape index (κ1) is 22.7. The number of anilines is 1. The number of benzene rings is 2. The van der Waals surface area contributed by atoms with Gasteiger partial charge in [-0.1, -0.05) is 29.4 Å². The van der Waals surface area contributed by atoms with E-state index in [1.165, 1.54) is 0 Å². The van der Waals surface area contributed by atoms with Gasteiger partial charge in [0.2, 0.25) is 17.6 Å². The highest BCUT2D eigenvalue weighted by atomic mass is 16.5. The number of nitrogens with one attached hydrogen (secondary N) is 1. The molecular weight excluding hydrogens is 442 g/mol. The Balaban J connectivity index is 1.12. The van der Waals surface area contributed by atoms with Gasteiger partial charge in [0.25, 0.3) is 0 Å². The summed E-state index contributed by atoms with van der Waals surface area (Å²) in [5, 5.41) is 7.10. The highest BCUT2D eigenvalue weighted by molar-refractivity contribution is 5.94. The molecule has 0 bridgehead atoms. The van der Waals surface area contributed by atoms with Gasteiger partial charge in [0.05, 0.1) is 6.04 Å². The summed E-state index contributed by atoms with van der Waals surface area (Å²) in [6.07, 6.45) is 3.42. The van der Waals surface area contributed by atoms with Gasteiger partial charge < -0.3 is 14.6 Å². The average molecular weight is 470 g/mol. The summed E-state index contributed by atoms with van der Waals surface area (Å²) in [5.74, 6) is 2.79. The van der Waals surface area contributed by atoms with Crippen LogP contribution < -0.4 is 10.1 Å². The maximum Gasteiger partial charge on any atom is 0.241 e. The molecule has 1 aliphatic rings. The third-order valence-electron chi connectivity index (χ3n) is 6.24. The Morgan fingerprint density at radius 3 is 2.43 bits per heavy atom. The second-order valence-electron chi connectivity index (χ2n) is 8.59. The van der Waals surface area contributed by atoms with Crippen LogP contribution >= 0.6 is 0 Å². The Morgan fingerprint density at radius 1 is 1.00 bits per heavy atom. The molecule has 35 heavy (non-hydrogen) atoms. The number of hydrogen-bond acceptors (Lipinski definition) is 7. The average Bonchev–Trinajstić information content (AvgIpc) is 3.41. The van der Waals surface area contributed by atoms with Gasteiger partial charge in [0.1, 0.15) is 17.2 Å². The van der Waals surface area contributed by atoms with Crippen LogP contribution in [0.4, 0.5) is 5.69 Å². The first-order chi connectivity index (χ1) is 17.2. The van der Waals surface area contributed by atoms with E-state index >= 15 is 0 Å². The lowest BCUT2D eigenvalue weighted by molar-refractivity contribution is -0.121. The van der Waals surface area contributed by atoms with E-state index in [2.05, 4.69) is 25.3 Å². The van der Waals surface area contributed by atoms with Crippen LogP contribution in [0, 0.1) is 0 Å². The van der Waals surface area contributed by atoms with Crippen LogP contribution in [-0.2, 0) is 4.79 Å². The SMILES string of the molecule is CC(C(=O)Nc1ccc(Oc2ccccc2)cc1)N1CCC(c2nc(-c3ccccn3)no2)CC1. The van der Waals surface area contributed by atoms with Crippen molar-refractivity contribution in [2.45, 2.75) is 31.7 Å². The van der Waals surface area contributed by atoms with Crippen LogP contribution in [0.3, 0.4) is 0 Å². The molecule has 178 valence electrons. The van der Waals surface area contributed by atoms with Crippen molar-refractivity contribution in [3.05, 3.63) is 84.9 Å². The summed E-state index contributed by atoms with van der Waals surface area (Å²) < 4.78 is 11.3. The highest BCUT2D eigenvalue weighted by Gasteiger charge is 2.30. The smallest absolute Gasteiger partial charge is 0.241 e. The van der Waals surface area contributed by atoms with Gasteiger partial charge in [-0.2, -0.15) is 4.98 Å². The van der Waals surface area contributed by atoms with Crippen LogP contribution in [0.2, 0.25) is 0 Å². The molecule has 1 aliphatic heterocycles. The van der Waals surface area contributed by atoms with E-state index in [-0.39, 0.29) is 17.9 Å². The molecule has 5 rings (SSSR count). The highest BCUT2D eigenvalue weighted by Crippen LogP contribution is 2.29. The summed E-state index contributed by atoms with van der Waals surface area (Å²) in [7, 11) is 0. The molecule has 2 aromatic carbocycles. The molecule has 4 aromatic rings. The lowest BCUT2D eigenvalue weighted by atomic mass is 9.95. The second-order valence-corrected chi connectivity index (χ2v) is 8.59. The zero-order valence-electron chi connectivity index (χ0n) is 19.5. The Kier molecular flexibility index (Phi) is 6.81. The summed E-state index contributed by atoms with van der Waals surface area (Å²) in [6, 6.07) is 22.4. The first-order valence-corrected chi connectivity index (χ1v) is 11.8. The predicted octanol–water partition coefficient (Wildman–Crippen LogP) is 5.13. The molecule has 1 saturated heterocycles. The van der Waals surface area contributed by atoms with Gasteiger partial charge in [0, 0.05) is 17.8 Å². The molecule has 1 amide bonds. The summed E-state index contributed by atoms with van der Waals surface area (Å²) >= 11 is 0. The van der Waals surface area contributed by atoms with Crippen LogP contribution in [-0.4, -0.2) is 45.1 Å². The maximum absolute atomic E-state index is 12.9. The third-order valence-corrected chi connectivity index (χ3v) is 6.24. The number of carbonyl (C=O) groups excluding carboxylic acids is 1. The Morgan fingerprint density at radius 2 is 1.71 bits per heavy atom. The number of hydrogen-bond donors (Lipinski definition) is 1. The van der Waals surface area contributed by atoms with E-state index in [1.807, 2.05) is 79.7 Å². The van der Waals surface area contributed by atoms with Crippen molar-refractivity contribution in [1.82, 2.24) is 20.0 Å². The number of ether oxygens (including phenoxy) is 1. The number of nitrogens with zero attached hydrogens (tertiary/aromatic N) is 4. The number of amides is 1. The van der Waals surface area contributed by atoms with Gasteiger partial charge >= 0.3 is 0 Å². The Labute approximate surface area is 204 Å². The van der Waals surface area contributed by atoms with E-state index in [0.717, 1.165) is 43.1 Å². The summed E-state index contributed by atoms with van der Waals surface area (Å²) in [6.45, 7) is 3.50. The van der Waals surface area contributed by atoms with E-state index in [1.54, 1.807) is 6.20 Å². The van der Waals surface area contributed by atoms with Crippen molar-refractivity contribution in [2.75, 3.05) is 18.4 Å². The standard InChI is InChI=1S/C27H27N5O3/c1-19(26(33)29-21-10-12-23(13-11-21)34-22-7-3-2-4-8-22)32-17-14-20(15-18-32)27-30-25(31-35-27)24-9-5-6-16-28-24/h2-13,16,19-20H,14-15,17-18H2,1H3,(H,29,33). The minimum absolute atomic E-state index is 0.0320. The van der Waals surface area contributed by atoms with E-state index < -0.39 is 0 Å². The first-order valence-electron chi connectivity index (χ1n) is 11.8. The van der Waals surface area contributed by atoms with Crippen molar-refractivity contribution in [1.29, 1.82) is 0 Å². The zero-order chi connectivity index (χ0) is 24.0. The fraction of sp³-hybridized carbons (Fsp3) is 0.259. The lowest BCUT2D eigenvalue weighted by Gasteiger charge is -2.34. The number of para-hydroxylation sites is 1. The number of piperidine rings is 1. The largest absolute Gasteiger partial charge is 0.457 e. The number of likely N-dealkylation sites (tertiary alicyclic amines) is 1. The molecule has 1 unspecified atom stereocenters. The number of aromatic nitrogens is 3. The van der Waals surface area contributed by atoms with Gasteiger partial charge in [-0.15, -0.1) is 0 Å². The molecule has 0 spiro atoms. The number of rotatable bonds is 7. The van der Waals surface area contributed by atoms with Crippen molar-refractivity contribution in [2.24, 2.45) is 0 Å². The minimum atomic E-state index is -0.247. The van der Waals surface area contributed by atoms with E-state index in [9.17, 15) is 4.79 Å². The molecule has 8 heteroatoms. The zero-order valence-corrected chi connectivity index (χ0v) is 19.5. The van der Waals surface area contributed by atoms with Crippen LogP contribution in [0.1, 0.15) is 31.6 Å². The van der Waals surface area contributed by atoms with Crippen LogP contribution in [0.25, 0.3) is 11.5 Å². The van der Waals surface area contributed by atoms with Crippen molar-refractivity contribution >= 4 is 11.6 Å². The molecule has 1 N–H and O–H groups in total.